The SMILES string of the molecule is CCCCCCC(O)CC(O)CCCCN. The molecule has 0 spiro atoms. The molecule has 0 aliphatic heterocycles. The Balaban J connectivity index is 3.35. The van der Waals surface area contributed by atoms with Crippen LogP contribution in [0.25, 0.3) is 0 Å². The first-order valence-electron chi connectivity index (χ1n) is 6.76. The molecule has 0 saturated carbocycles. The number of hydrogen-bond acceptors (Lipinski definition) is 3. The summed E-state index contributed by atoms with van der Waals surface area (Å²) in [5, 5.41) is 19.3. The zero-order valence-electron chi connectivity index (χ0n) is 10.7. The first kappa shape index (κ1) is 15.9. The van der Waals surface area contributed by atoms with Crippen LogP contribution in [-0.4, -0.2) is 29.0 Å². The predicted molar refractivity (Wildman–Crippen MR) is 68.3 cm³/mol. The Morgan fingerprint density at radius 1 is 0.875 bits per heavy atom. The lowest BCUT2D eigenvalue weighted by Crippen LogP contribution is -2.18. The molecular formula is C13H29NO2. The summed E-state index contributed by atoms with van der Waals surface area (Å²) < 4.78 is 0. The Morgan fingerprint density at radius 2 is 1.44 bits per heavy atom. The van der Waals surface area contributed by atoms with Crippen LogP contribution in [0.2, 0.25) is 0 Å². The van der Waals surface area contributed by atoms with Gasteiger partial charge in [0, 0.05) is 0 Å². The molecule has 0 aromatic carbocycles. The Hall–Kier alpha value is -0.120. The third kappa shape index (κ3) is 10.4. The Bertz CT molecular complexity index is 142. The largest absolute Gasteiger partial charge is 0.393 e. The van der Waals surface area contributed by atoms with Crippen molar-refractivity contribution < 1.29 is 10.2 Å². The average molecular weight is 231 g/mol. The number of hydrogen-bond donors (Lipinski definition) is 3. The molecule has 0 heterocycles. The molecule has 0 radical (unpaired) electrons. The van der Waals surface area contributed by atoms with Crippen LogP contribution >= 0.6 is 0 Å². The third-order valence-electron chi connectivity index (χ3n) is 2.93. The summed E-state index contributed by atoms with van der Waals surface area (Å²) in [4.78, 5) is 0. The molecule has 0 aliphatic carbocycles. The zero-order chi connectivity index (χ0) is 12.2. The van der Waals surface area contributed by atoms with Crippen LogP contribution in [0.15, 0.2) is 0 Å². The van der Waals surface area contributed by atoms with E-state index in [1.54, 1.807) is 0 Å². The van der Waals surface area contributed by atoms with Gasteiger partial charge in [-0.2, -0.15) is 0 Å². The van der Waals surface area contributed by atoms with Crippen LogP contribution < -0.4 is 5.73 Å². The molecule has 0 rings (SSSR count). The summed E-state index contributed by atoms with van der Waals surface area (Å²) in [5.74, 6) is 0. The minimum Gasteiger partial charge on any atom is -0.393 e. The summed E-state index contributed by atoms with van der Waals surface area (Å²) >= 11 is 0. The van der Waals surface area contributed by atoms with Crippen LogP contribution in [0.3, 0.4) is 0 Å². The monoisotopic (exact) mass is 231 g/mol. The minimum absolute atomic E-state index is 0.329. The molecule has 4 N–H and O–H groups in total. The number of rotatable bonds is 11. The van der Waals surface area contributed by atoms with Crippen molar-refractivity contribution in [1.29, 1.82) is 0 Å². The fourth-order valence-corrected chi connectivity index (χ4v) is 1.88. The number of nitrogens with two attached hydrogens (primary N) is 1. The van der Waals surface area contributed by atoms with Gasteiger partial charge in [-0.3, -0.25) is 0 Å². The lowest BCUT2D eigenvalue weighted by Gasteiger charge is -2.15. The fraction of sp³-hybridized carbons (Fsp3) is 1.00. The normalized spacial score (nSPS) is 15.0. The van der Waals surface area contributed by atoms with E-state index in [0.717, 1.165) is 32.1 Å². The van der Waals surface area contributed by atoms with E-state index < -0.39 is 0 Å². The van der Waals surface area contributed by atoms with Gasteiger partial charge in [0.25, 0.3) is 0 Å². The van der Waals surface area contributed by atoms with Crippen LogP contribution in [0.4, 0.5) is 0 Å². The standard InChI is InChI=1S/C13H29NO2/c1-2-3-4-5-8-12(15)11-13(16)9-6-7-10-14/h12-13,15-16H,2-11,14H2,1H3. The quantitative estimate of drug-likeness (QED) is 0.478. The molecule has 0 amide bonds. The topological polar surface area (TPSA) is 66.5 Å². The van der Waals surface area contributed by atoms with Gasteiger partial charge in [0.15, 0.2) is 0 Å². The van der Waals surface area contributed by atoms with Gasteiger partial charge >= 0.3 is 0 Å². The van der Waals surface area contributed by atoms with E-state index in [1.165, 1.54) is 19.3 Å². The van der Waals surface area contributed by atoms with Crippen molar-refractivity contribution in [1.82, 2.24) is 0 Å². The van der Waals surface area contributed by atoms with Crippen LogP contribution in [-0.2, 0) is 0 Å². The first-order chi connectivity index (χ1) is 7.70. The van der Waals surface area contributed by atoms with Gasteiger partial charge in [0.05, 0.1) is 12.2 Å². The number of aliphatic hydroxyl groups excluding tert-OH is 2. The molecule has 0 aromatic heterocycles. The Labute approximate surface area is 100 Å². The van der Waals surface area contributed by atoms with Gasteiger partial charge in [-0.15, -0.1) is 0 Å². The molecule has 16 heavy (non-hydrogen) atoms. The van der Waals surface area contributed by atoms with E-state index in [4.69, 9.17) is 5.73 Å². The molecule has 3 nitrogen and oxygen atoms in total. The van der Waals surface area contributed by atoms with Gasteiger partial charge in [0.2, 0.25) is 0 Å². The maximum Gasteiger partial charge on any atom is 0.0564 e. The Kier molecular flexibility index (Phi) is 11.3. The van der Waals surface area contributed by atoms with Gasteiger partial charge in [0.1, 0.15) is 0 Å². The minimum atomic E-state index is -0.354. The van der Waals surface area contributed by atoms with Crippen molar-refractivity contribution in [2.75, 3.05) is 6.54 Å². The van der Waals surface area contributed by atoms with E-state index in [1.807, 2.05) is 0 Å². The number of unbranched alkanes of at least 4 members (excludes halogenated alkanes) is 4. The second-order valence-electron chi connectivity index (χ2n) is 4.68. The molecular weight excluding hydrogens is 202 g/mol. The highest BCUT2D eigenvalue weighted by molar-refractivity contribution is 4.64. The molecule has 2 unspecified atom stereocenters. The summed E-state index contributed by atoms with van der Waals surface area (Å²) in [6.45, 7) is 2.86. The van der Waals surface area contributed by atoms with Crippen LogP contribution in [0.5, 0.6) is 0 Å². The molecule has 0 fully saturated rings. The van der Waals surface area contributed by atoms with Crippen LogP contribution in [0.1, 0.15) is 64.7 Å². The predicted octanol–water partition coefficient (Wildman–Crippen LogP) is 2.20. The average Bonchev–Trinajstić information content (AvgIpc) is 2.25. The van der Waals surface area contributed by atoms with Crippen molar-refractivity contribution in [3.63, 3.8) is 0 Å². The van der Waals surface area contributed by atoms with Crippen molar-refractivity contribution in [3.05, 3.63) is 0 Å². The summed E-state index contributed by atoms with van der Waals surface area (Å²) in [6, 6.07) is 0. The van der Waals surface area contributed by atoms with Crippen molar-refractivity contribution in [3.8, 4) is 0 Å². The maximum atomic E-state index is 9.69. The van der Waals surface area contributed by atoms with Crippen LogP contribution in [0, 0.1) is 0 Å². The third-order valence-corrected chi connectivity index (χ3v) is 2.93. The second-order valence-corrected chi connectivity index (χ2v) is 4.68. The molecule has 98 valence electrons. The summed E-state index contributed by atoms with van der Waals surface area (Å²) in [5.41, 5.74) is 5.38. The summed E-state index contributed by atoms with van der Waals surface area (Å²) in [6.07, 6.45) is 8.08. The highest BCUT2D eigenvalue weighted by Crippen LogP contribution is 2.12. The van der Waals surface area contributed by atoms with E-state index in [0.29, 0.717) is 13.0 Å². The Morgan fingerprint density at radius 3 is 1.94 bits per heavy atom. The van der Waals surface area contributed by atoms with E-state index >= 15 is 0 Å². The highest BCUT2D eigenvalue weighted by atomic mass is 16.3. The maximum absolute atomic E-state index is 9.69. The van der Waals surface area contributed by atoms with Gasteiger partial charge in [-0.1, -0.05) is 32.6 Å². The molecule has 0 bridgehead atoms. The molecule has 0 aromatic rings. The fourth-order valence-electron chi connectivity index (χ4n) is 1.88. The number of aliphatic hydroxyl groups is 2. The summed E-state index contributed by atoms with van der Waals surface area (Å²) in [7, 11) is 0. The van der Waals surface area contributed by atoms with E-state index in [-0.39, 0.29) is 12.2 Å². The van der Waals surface area contributed by atoms with Gasteiger partial charge < -0.3 is 15.9 Å². The van der Waals surface area contributed by atoms with Gasteiger partial charge in [-0.25, -0.2) is 0 Å². The molecule has 2 atom stereocenters. The molecule has 0 aliphatic rings. The van der Waals surface area contributed by atoms with Crippen molar-refractivity contribution in [2.24, 2.45) is 5.73 Å². The lowest BCUT2D eigenvalue weighted by molar-refractivity contribution is 0.0683. The molecule has 3 heteroatoms. The highest BCUT2D eigenvalue weighted by Gasteiger charge is 2.11. The second kappa shape index (κ2) is 11.4. The smallest absolute Gasteiger partial charge is 0.0564 e. The van der Waals surface area contributed by atoms with Crippen molar-refractivity contribution >= 4 is 0 Å². The van der Waals surface area contributed by atoms with Crippen molar-refractivity contribution in [2.45, 2.75) is 76.9 Å². The van der Waals surface area contributed by atoms with E-state index in [2.05, 4.69) is 6.92 Å². The lowest BCUT2D eigenvalue weighted by atomic mass is 10.0. The van der Waals surface area contributed by atoms with Gasteiger partial charge in [-0.05, 0) is 38.6 Å². The van der Waals surface area contributed by atoms with E-state index in [9.17, 15) is 10.2 Å². The first-order valence-corrected chi connectivity index (χ1v) is 6.76. The zero-order valence-corrected chi connectivity index (χ0v) is 10.7. The molecule has 0 saturated heterocycles.